The molecular formula is C25H30N6O2. The SMILES string of the molecule is COc1ccc2c(c1)C[C@H](C(=O)Nc1ccc(-c3cn[nH]c3)cc1N1CCN(C)CC1)NC2. The standard InChI is InChI=1S/C25H30N6O2/c1-30-7-9-31(10-8-30)24-13-17(20-15-27-28-16-20)4-6-22(24)29-25(32)23-12-19-11-21(33-2)5-3-18(19)14-26-23/h3-6,11,13,15-16,23,26H,7-10,12,14H2,1-2H3,(H,27,28)(H,29,32)/t23-/m1/s1. The Morgan fingerprint density at radius 3 is 2.70 bits per heavy atom. The van der Waals surface area contributed by atoms with Crippen LogP contribution < -0.4 is 20.3 Å². The molecule has 0 radical (unpaired) electrons. The molecule has 1 amide bonds. The maximum absolute atomic E-state index is 13.3. The number of amides is 1. The van der Waals surface area contributed by atoms with E-state index in [9.17, 15) is 4.79 Å². The minimum Gasteiger partial charge on any atom is -0.497 e. The molecule has 1 saturated heterocycles. The molecule has 2 aliphatic heterocycles. The molecular weight excluding hydrogens is 416 g/mol. The van der Waals surface area contributed by atoms with Crippen LogP contribution in [0.25, 0.3) is 11.1 Å². The molecule has 8 nitrogen and oxygen atoms in total. The van der Waals surface area contributed by atoms with Gasteiger partial charge in [0.2, 0.25) is 5.91 Å². The van der Waals surface area contributed by atoms with Crippen molar-refractivity contribution >= 4 is 17.3 Å². The third-order valence-corrected chi connectivity index (χ3v) is 6.62. The lowest BCUT2D eigenvalue weighted by Gasteiger charge is -2.35. The maximum Gasteiger partial charge on any atom is 0.241 e. The molecule has 8 heteroatoms. The second-order valence-electron chi connectivity index (χ2n) is 8.77. The highest BCUT2D eigenvalue weighted by atomic mass is 16.5. The summed E-state index contributed by atoms with van der Waals surface area (Å²) in [6, 6.07) is 12.0. The Balaban J connectivity index is 1.38. The predicted octanol–water partition coefficient (Wildman–Crippen LogP) is 2.49. The number of anilines is 2. The van der Waals surface area contributed by atoms with Crippen LogP contribution in [-0.2, 0) is 17.8 Å². The molecule has 2 aliphatic rings. The number of carbonyl (C=O) groups is 1. The predicted molar refractivity (Wildman–Crippen MR) is 130 cm³/mol. The molecule has 5 rings (SSSR count). The zero-order valence-electron chi connectivity index (χ0n) is 19.1. The minimum absolute atomic E-state index is 0.0186. The highest BCUT2D eigenvalue weighted by molar-refractivity contribution is 5.98. The van der Waals surface area contributed by atoms with Crippen molar-refractivity contribution in [1.82, 2.24) is 20.4 Å². The Morgan fingerprint density at radius 2 is 1.94 bits per heavy atom. The summed E-state index contributed by atoms with van der Waals surface area (Å²) >= 11 is 0. The fraction of sp³-hybridized carbons (Fsp3) is 0.360. The van der Waals surface area contributed by atoms with Crippen molar-refractivity contribution in [2.75, 3.05) is 50.6 Å². The third kappa shape index (κ3) is 4.58. The number of ether oxygens (including phenoxy) is 1. The summed E-state index contributed by atoms with van der Waals surface area (Å²) in [5.41, 5.74) is 6.36. The van der Waals surface area contributed by atoms with E-state index in [1.807, 2.05) is 36.7 Å². The minimum atomic E-state index is -0.293. The number of aromatic amines is 1. The molecule has 1 fully saturated rings. The Kier molecular flexibility index (Phi) is 6.02. The first-order valence-electron chi connectivity index (χ1n) is 11.4. The van der Waals surface area contributed by atoms with Crippen LogP contribution >= 0.6 is 0 Å². The van der Waals surface area contributed by atoms with E-state index in [4.69, 9.17) is 4.74 Å². The summed E-state index contributed by atoms with van der Waals surface area (Å²) in [5.74, 6) is 0.803. The van der Waals surface area contributed by atoms with Gasteiger partial charge in [0.05, 0.1) is 30.7 Å². The number of fused-ring (bicyclic) bond motifs is 1. The molecule has 0 saturated carbocycles. The third-order valence-electron chi connectivity index (χ3n) is 6.62. The second-order valence-corrected chi connectivity index (χ2v) is 8.77. The zero-order chi connectivity index (χ0) is 22.8. The van der Waals surface area contributed by atoms with Crippen molar-refractivity contribution in [2.45, 2.75) is 19.0 Å². The van der Waals surface area contributed by atoms with Crippen molar-refractivity contribution in [3.8, 4) is 16.9 Å². The van der Waals surface area contributed by atoms with Crippen LogP contribution in [0.4, 0.5) is 11.4 Å². The van der Waals surface area contributed by atoms with E-state index in [0.717, 1.165) is 60.0 Å². The number of likely N-dealkylation sites (N-methyl/N-ethyl adjacent to an activating group) is 1. The van der Waals surface area contributed by atoms with Crippen LogP contribution in [0.1, 0.15) is 11.1 Å². The second kappa shape index (κ2) is 9.25. The largest absolute Gasteiger partial charge is 0.497 e. The highest BCUT2D eigenvalue weighted by Gasteiger charge is 2.26. The number of methoxy groups -OCH3 is 1. The summed E-state index contributed by atoms with van der Waals surface area (Å²) in [6.45, 7) is 4.49. The smallest absolute Gasteiger partial charge is 0.241 e. The fourth-order valence-electron chi connectivity index (χ4n) is 4.56. The van der Waals surface area contributed by atoms with Crippen molar-refractivity contribution in [2.24, 2.45) is 0 Å². The van der Waals surface area contributed by atoms with Gasteiger partial charge < -0.3 is 25.2 Å². The van der Waals surface area contributed by atoms with E-state index >= 15 is 0 Å². The molecule has 3 aromatic rings. The molecule has 172 valence electrons. The topological polar surface area (TPSA) is 85.5 Å². The van der Waals surface area contributed by atoms with Gasteiger partial charge in [-0.25, -0.2) is 0 Å². The Morgan fingerprint density at radius 1 is 1.09 bits per heavy atom. The molecule has 0 spiro atoms. The lowest BCUT2D eigenvalue weighted by Crippen LogP contribution is -2.46. The van der Waals surface area contributed by atoms with Gasteiger partial charge in [-0.1, -0.05) is 12.1 Å². The lowest BCUT2D eigenvalue weighted by atomic mass is 9.95. The first kappa shape index (κ1) is 21.5. The van der Waals surface area contributed by atoms with Crippen LogP contribution in [0.3, 0.4) is 0 Å². The van der Waals surface area contributed by atoms with Gasteiger partial charge in [-0.15, -0.1) is 0 Å². The van der Waals surface area contributed by atoms with Crippen LogP contribution in [0, 0.1) is 0 Å². The fourth-order valence-corrected chi connectivity index (χ4v) is 4.56. The van der Waals surface area contributed by atoms with E-state index in [0.29, 0.717) is 13.0 Å². The van der Waals surface area contributed by atoms with Gasteiger partial charge >= 0.3 is 0 Å². The van der Waals surface area contributed by atoms with Gasteiger partial charge in [-0.3, -0.25) is 9.89 Å². The number of rotatable bonds is 5. The number of hydrogen-bond donors (Lipinski definition) is 3. The van der Waals surface area contributed by atoms with Gasteiger partial charge in [-0.2, -0.15) is 5.10 Å². The Bertz CT molecular complexity index is 1120. The van der Waals surface area contributed by atoms with Crippen molar-refractivity contribution < 1.29 is 9.53 Å². The van der Waals surface area contributed by atoms with Gasteiger partial charge in [0.15, 0.2) is 0 Å². The first-order chi connectivity index (χ1) is 16.1. The maximum atomic E-state index is 13.3. The van der Waals surface area contributed by atoms with Crippen LogP contribution in [-0.4, -0.2) is 67.4 Å². The lowest BCUT2D eigenvalue weighted by molar-refractivity contribution is -0.118. The number of carbonyl (C=O) groups excluding carboxylic acids is 1. The van der Waals surface area contributed by atoms with Crippen molar-refractivity contribution in [3.63, 3.8) is 0 Å². The molecule has 3 N–H and O–H groups in total. The molecule has 0 bridgehead atoms. The molecule has 33 heavy (non-hydrogen) atoms. The summed E-state index contributed by atoms with van der Waals surface area (Å²) < 4.78 is 5.37. The number of benzene rings is 2. The molecule has 1 aromatic heterocycles. The van der Waals surface area contributed by atoms with E-state index < -0.39 is 0 Å². The summed E-state index contributed by atoms with van der Waals surface area (Å²) in [4.78, 5) is 18.0. The molecule has 0 aliphatic carbocycles. The van der Waals surface area contributed by atoms with Gasteiger partial charge in [0, 0.05) is 44.5 Å². The summed E-state index contributed by atoms with van der Waals surface area (Å²) in [6.07, 6.45) is 4.34. The van der Waals surface area contributed by atoms with E-state index in [2.05, 4.69) is 49.8 Å². The molecule has 1 atom stereocenters. The number of H-pyrrole nitrogens is 1. The quantitative estimate of drug-likeness (QED) is 0.558. The number of piperazine rings is 1. The number of hydrogen-bond acceptors (Lipinski definition) is 6. The average Bonchev–Trinajstić information content (AvgIpc) is 3.39. The van der Waals surface area contributed by atoms with E-state index in [-0.39, 0.29) is 11.9 Å². The van der Waals surface area contributed by atoms with Gasteiger partial charge in [0.1, 0.15) is 5.75 Å². The van der Waals surface area contributed by atoms with Gasteiger partial charge in [-0.05, 0) is 54.4 Å². The Labute approximate surface area is 193 Å². The molecule has 0 unspecified atom stereocenters. The monoisotopic (exact) mass is 446 g/mol. The van der Waals surface area contributed by atoms with Crippen molar-refractivity contribution in [3.05, 3.63) is 59.9 Å². The number of aromatic nitrogens is 2. The first-order valence-corrected chi connectivity index (χ1v) is 11.4. The van der Waals surface area contributed by atoms with Crippen LogP contribution in [0.2, 0.25) is 0 Å². The highest BCUT2D eigenvalue weighted by Crippen LogP contribution is 2.33. The van der Waals surface area contributed by atoms with E-state index in [1.54, 1.807) is 7.11 Å². The van der Waals surface area contributed by atoms with Crippen LogP contribution in [0.5, 0.6) is 5.75 Å². The number of nitrogens with zero attached hydrogens (tertiary/aromatic N) is 3. The van der Waals surface area contributed by atoms with Crippen LogP contribution in [0.15, 0.2) is 48.8 Å². The van der Waals surface area contributed by atoms with Crippen molar-refractivity contribution in [1.29, 1.82) is 0 Å². The Hall–Kier alpha value is -3.36. The molecule has 2 aromatic carbocycles. The van der Waals surface area contributed by atoms with Gasteiger partial charge in [0.25, 0.3) is 0 Å². The summed E-state index contributed by atoms with van der Waals surface area (Å²) in [5, 5.41) is 13.6. The number of nitrogens with one attached hydrogen (secondary N) is 3. The molecule has 3 heterocycles. The zero-order valence-corrected chi connectivity index (χ0v) is 19.1. The average molecular weight is 447 g/mol. The summed E-state index contributed by atoms with van der Waals surface area (Å²) in [7, 11) is 3.81. The van der Waals surface area contributed by atoms with E-state index in [1.165, 1.54) is 5.56 Å². The normalized spacial score (nSPS) is 18.6.